The highest BCUT2D eigenvalue weighted by Gasteiger charge is 2.15. The summed E-state index contributed by atoms with van der Waals surface area (Å²) in [6, 6.07) is 0. The van der Waals surface area contributed by atoms with Crippen LogP contribution in [-0.2, 0) is 12.2 Å². The number of nitrogens with one attached hydrogen (secondary N) is 1. The molecule has 11 heavy (non-hydrogen) atoms. The van der Waals surface area contributed by atoms with Gasteiger partial charge in [-0.1, -0.05) is 0 Å². The van der Waals surface area contributed by atoms with Crippen LogP contribution in [0, 0.1) is 0 Å². The van der Waals surface area contributed by atoms with Crippen LogP contribution < -0.4 is 0 Å². The third-order valence-electron chi connectivity index (χ3n) is 1.84. The summed E-state index contributed by atoms with van der Waals surface area (Å²) in [4.78, 5) is 10.4. The zero-order valence-electron chi connectivity index (χ0n) is 5.96. The molecule has 0 aromatic carbocycles. The molecule has 1 aliphatic heterocycles. The van der Waals surface area contributed by atoms with E-state index in [4.69, 9.17) is 0 Å². The molecule has 0 spiro atoms. The zero-order valence-corrected chi connectivity index (χ0v) is 6.78. The minimum atomic E-state index is 0.590. The number of H-pyrrole nitrogens is 1. The number of aromatic nitrogens is 2. The minimum absolute atomic E-state index is 0.590. The number of carbonyl (C=O) groups is 1. The maximum absolute atomic E-state index is 10.4. The fourth-order valence-electron chi connectivity index (χ4n) is 1.23. The minimum Gasteiger partial charge on any atom is -0.296 e. The lowest BCUT2D eigenvalue weighted by atomic mass is 10.2. The Bertz CT molecular complexity index is 282. The summed E-state index contributed by atoms with van der Waals surface area (Å²) in [6.07, 6.45) is 1.84. The highest BCUT2D eigenvalue weighted by molar-refractivity contribution is 7.98. The molecule has 1 aromatic rings. The van der Waals surface area contributed by atoms with E-state index in [9.17, 15) is 4.79 Å². The van der Waals surface area contributed by atoms with E-state index in [1.165, 1.54) is 0 Å². The Balaban J connectivity index is 2.45. The summed E-state index contributed by atoms with van der Waals surface area (Å²) >= 11 is 1.85. The lowest BCUT2D eigenvalue weighted by Gasteiger charge is -2.08. The van der Waals surface area contributed by atoms with Crippen LogP contribution in [0.4, 0.5) is 0 Å². The molecule has 3 nitrogen and oxygen atoms in total. The SMILES string of the molecule is O=Cc1n[nH]c2c1CSCC2. The zero-order chi connectivity index (χ0) is 7.68. The van der Waals surface area contributed by atoms with Crippen molar-refractivity contribution in [3.05, 3.63) is 17.0 Å². The quantitative estimate of drug-likeness (QED) is 0.636. The summed E-state index contributed by atoms with van der Waals surface area (Å²) in [5.41, 5.74) is 2.84. The van der Waals surface area contributed by atoms with Gasteiger partial charge in [-0.25, -0.2) is 0 Å². The Hall–Kier alpha value is -0.770. The predicted molar refractivity (Wildman–Crippen MR) is 43.8 cm³/mol. The summed E-state index contributed by atoms with van der Waals surface area (Å²) in [6.45, 7) is 0. The molecule has 1 aliphatic rings. The highest BCUT2D eigenvalue weighted by Crippen LogP contribution is 2.24. The number of hydrogen-bond donors (Lipinski definition) is 1. The number of carbonyl (C=O) groups excluding carboxylic acids is 1. The van der Waals surface area contributed by atoms with Crippen LogP contribution in [0.3, 0.4) is 0 Å². The molecule has 0 amide bonds. The van der Waals surface area contributed by atoms with Gasteiger partial charge >= 0.3 is 0 Å². The van der Waals surface area contributed by atoms with Crippen LogP contribution in [0.25, 0.3) is 0 Å². The summed E-state index contributed by atoms with van der Waals surface area (Å²) in [7, 11) is 0. The van der Waals surface area contributed by atoms with E-state index in [2.05, 4.69) is 10.2 Å². The van der Waals surface area contributed by atoms with Gasteiger partial charge in [0.2, 0.25) is 0 Å². The number of aldehydes is 1. The van der Waals surface area contributed by atoms with Gasteiger partial charge in [0.1, 0.15) is 5.69 Å². The van der Waals surface area contributed by atoms with Crippen LogP contribution in [-0.4, -0.2) is 22.2 Å². The number of nitrogens with zero attached hydrogens (tertiary/aromatic N) is 1. The second-order valence-corrected chi connectivity index (χ2v) is 3.59. The van der Waals surface area contributed by atoms with Crippen molar-refractivity contribution >= 4 is 18.0 Å². The third-order valence-corrected chi connectivity index (χ3v) is 2.82. The fraction of sp³-hybridized carbons (Fsp3) is 0.429. The first-order chi connectivity index (χ1) is 5.42. The van der Waals surface area contributed by atoms with Gasteiger partial charge in [-0.15, -0.1) is 0 Å². The number of hydrogen-bond acceptors (Lipinski definition) is 3. The van der Waals surface area contributed by atoms with E-state index in [1.807, 2.05) is 11.8 Å². The Kier molecular flexibility index (Phi) is 1.69. The molecule has 0 bridgehead atoms. The smallest absolute Gasteiger partial charge is 0.170 e. The van der Waals surface area contributed by atoms with E-state index in [0.29, 0.717) is 5.69 Å². The molecule has 0 aliphatic carbocycles. The Morgan fingerprint density at radius 3 is 3.36 bits per heavy atom. The highest BCUT2D eigenvalue weighted by atomic mass is 32.2. The largest absolute Gasteiger partial charge is 0.296 e. The van der Waals surface area contributed by atoms with Crippen LogP contribution in [0.2, 0.25) is 0 Å². The van der Waals surface area contributed by atoms with Gasteiger partial charge in [0, 0.05) is 17.0 Å². The molecule has 2 rings (SSSR count). The van der Waals surface area contributed by atoms with Gasteiger partial charge in [-0.3, -0.25) is 9.89 Å². The van der Waals surface area contributed by atoms with Gasteiger partial charge in [-0.2, -0.15) is 16.9 Å². The number of fused-ring (bicyclic) bond motifs is 1. The molecule has 0 unspecified atom stereocenters. The van der Waals surface area contributed by atoms with Crippen molar-refractivity contribution in [2.45, 2.75) is 12.2 Å². The molecule has 58 valence electrons. The van der Waals surface area contributed by atoms with Crippen LogP contribution >= 0.6 is 11.8 Å². The molecular weight excluding hydrogens is 160 g/mol. The van der Waals surface area contributed by atoms with Crippen LogP contribution in [0.1, 0.15) is 21.7 Å². The molecule has 0 saturated carbocycles. The second-order valence-electron chi connectivity index (χ2n) is 2.49. The van der Waals surface area contributed by atoms with Gasteiger partial charge in [0.15, 0.2) is 6.29 Å². The average molecular weight is 168 g/mol. The van der Waals surface area contributed by atoms with Crippen molar-refractivity contribution in [3.8, 4) is 0 Å². The van der Waals surface area contributed by atoms with Gasteiger partial charge in [0.25, 0.3) is 0 Å². The van der Waals surface area contributed by atoms with Crippen molar-refractivity contribution in [2.24, 2.45) is 0 Å². The normalized spacial score (nSPS) is 16.0. The monoisotopic (exact) mass is 168 g/mol. The van der Waals surface area contributed by atoms with Crippen molar-refractivity contribution in [1.82, 2.24) is 10.2 Å². The third kappa shape index (κ3) is 1.07. The first-order valence-corrected chi connectivity index (χ1v) is 4.66. The standard InChI is InChI=1S/C7H8N2OS/c10-3-7-5-4-11-2-1-6(5)8-9-7/h3H,1-2,4H2,(H,8,9). The van der Waals surface area contributed by atoms with E-state index in [0.717, 1.165) is 35.5 Å². The number of aromatic amines is 1. The van der Waals surface area contributed by atoms with E-state index in [1.54, 1.807) is 0 Å². The molecule has 0 radical (unpaired) electrons. The Morgan fingerprint density at radius 2 is 2.55 bits per heavy atom. The first kappa shape index (κ1) is 6.91. The van der Waals surface area contributed by atoms with E-state index in [-0.39, 0.29) is 0 Å². The molecule has 2 heterocycles. The van der Waals surface area contributed by atoms with Gasteiger partial charge in [0.05, 0.1) is 0 Å². The van der Waals surface area contributed by atoms with Crippen LogP contribution in [0.15, 0.2) is 0 Å². The molecule has 0 saturated heterocycles. The second kappa shape index (κ2) is 2.70. The van der Waals surface area contributed by atoms with Crippen molar-refractivity contribution in [3.63, 3.8) is 0 Å². The summed E-state index contributed by atoms with van der Waals surface area (Å²) in [5, 5.41) is 6.79. The summed E-state index contributed by atoms with van der Waals surface area (Å²) < 4.78 is 0. The molecule has 1 N–H and O–H groups in total. The number of aryl methyl sites for hydroxylation is 1. The average Bonchev–Trinajstić information content (AvgIpc) is 2.47. The first-order valence-electron chi connectivity index (χ1n) is 3.51. The fourth-order valence-corrected chi connectivity index (χ4v) is 2.25. The number of thioether (sulfide) groups is 1. The molecular formula is C7H8N2OS. The maximum Gasteiger partial charge on any atom is 0.170 e. The lowest BCUT2D eigenvalue weighted by molar-refractivity contribution is 0.111. The lowest BCUT2D eigenvalue weighted by Crippen LogP contribution is -2.01. The molecule has 4 heteroatoms. The molecule has 0 atom stereocenters. The van der Waals surface area contributed by atoms with E-state index < -0.39 is 0 Å². The predicted octanol–water partition coefficient (Wildman–Crippen LogP) is 1.01. The van der Waals surface area contributed by atoms with Crippen molar-refractivity contribution < 1.29 is 4.79 Å². The van der Waals surface area contributed by atoms with E-state index >= 15 is 0 Å². The van der Waals surface area contributed by atoms with Crippen molar-refractivity contribution in [2.75, 3.05) is 5.75 Å². The maximum atomic E-state index is 10.4. The van der Waals surface area contributed by atoms with Crippen LogP contribution in [0.5, 0.6) is 0 Å². The van der Waals surface area contributed by atoms with Gasteiger partial charge < -0.3 is 0 Å². The Morgan fingerprint density at radius 1 is 1.64 bits per heavy atom. The van der Waals surface area contributed by atoms with Gasteiger partial charge in [-0.05, 0) is 12.2 Å². The number of rotatable bonds is 1. The molecule has 1 aromatic heterocycles. The van der Waals surface area contributed by atoms with Crippen molar-refractivity contribution in [1.29, 1.82) is 0 Å². The molecule has 0 fully saturated rings. The topological polar surface area (TPSA) is 45.8 Å². The summed E-state index contributed by atoms with van der Waals surface area (Å²) in [5.74, 6) is 2.06. The Labute approximate surface area is 68.6 Å².